The first-order valence-electron chi connectivity index (χ1n) is 22.5. The van der Waals surface area contributed by atoms with Crippen molar-refractivity contribution in [3.8, 4) is 0 Å². The van der Waals surface area contributed by atoms with Gasteiger partial charge in [0.2, 0.25) is 5.91 Å². The summed E-state index contributed by atoms with van der Waals surface area (Å²) in [6.07, 6.45) is 15.8. The minimum absolute atomic E-state index is 0.00297. The van der Waals surface area contributed by atoms with Crippen LogP contribution in [0.25, 0.3) is 5.57 Å². The third-order valence-corrected chi connectivity index (χ3v) is 18.1. The molecule has 0 aromatic heterocycles. The number of nitrogens with one attached hydrogen (secondary N) is 2. The summed E-state index contributed by atoms with van der Waals surface area (Å²) in [5, 5.41) is 17.0. The predicted octanol–water partition coefficient (Wildman–Crippen LogP) is 10.2. The molecule has 304 valence electrons. The molecule has 1 heterocycles. The second-order valence-corrected chi connectivity index (χ2v) is 21.2. The molecule has 1 amide bonds. The van der Waals surface area contributed by atoms with Crippen molar-refractivity contribution in [2.75, 3.05) is 19.6 Å². The standard InChI is InChI=1S/C50H71N3O3/c1-33(2)38-21-26-50(52-43(54)31-51-30-37-14-11-29-53(37)32-34-12-9-8-10-13-34)28-27-48(6)40(44(38)50)19-20-42-47(5)24-22-39(35-15-17-36(18-16-35)45(55)56)46(3,4)41(47)23-25-49(42,48)7/h8-10,12-13,15-18,22,33,37-38,40-42,44,51H,11,14,19-21,23-32H2,1-7H3,(H,52,54)(H,55,56)/t37?,38-,40+,41-,42+,44+,47-,48+,49+,50-/m0/s1. The van der Waals surface area contributed by atoms with Crippen LogP contribution < -0.4 is 10.6 Å². The quantitative estimate of drug-likeness (QED) is 0.225. The van der Waals surface area contributed by atoms with Gasteiger partial charge in [-0.1, -0.05) is 97.0 Å². The third kappa shape index (κ3) is 6.42. The van der Waals surface area contributed by atoms with E-state index in [-0.39, 0.29) is 33.1 Å². The van der Waals surface area contributed by atoms with Crippen LogP contribution in [-0.2, 0) is 11.3 Å². The van der Waals surface area contributed by atoms with Crippen LogP contribution in [-0.4, -0.2) is 53.1 Å². The lowest BCUT2D eigenvalue weighted by molar-refractivity contribution is -0.221. The minimum atomic E-state index is -0.866. The average molecular weight is 762 g/mol. The van der Waals surface area contributed by atoms with E-state index in [1.54, 1.807) is 12.1 Å². The van der Waals surface area contributed by atoms with E-state index in [9.17, 15) is 14.7 Å². The van der Waals surface area contributed by atoms with E-state index in [4.69, 9.17) is 0 Å². The maximum Gasteiger partial charge on any atom is 0.335 e. The van der Waals surface area contributed by atoms with Crippen LogP contribution >= 0.6 is 0 Å². The Morgan fingerprint density at radius 2 is 1.59 bits per heavy atom. The van der Waals surface area contributed by atoms with Crippen molar-refractivity contribution in [3.05, 3.63) is 77.4 Å². The number of carbonyl (C=O) groups is 2. The van der Waals surface area contributed by atoms with Crippen molar-refractivity contribution in [2.24, 2.45) is 57.2 Å². The highest BCUT2D eigenvalue weighted by atomic mass is 16.4. The number of aromatic carboxylic acids is 1. The van der Waals surface area contributed by atoms with E-state index in [1.165, 1.54) is 68.1 Å². The van der Waals surface area contributed by atoms with Gasteiger partial charge in [0.05, 0.1) is 12.1 Å². The highest BCUT2D eigenvalue weighted by Crippen LogP contribution is 2.76. The van der Waals surface area contributed by atoms with Gasteiger partial charge in [0.25, 0.3) is 0 Å². The number of hydrogen-bond donors (Lipinski definition) is 3. The fraction of sp³-hybridized carbons (Fsp3) is 0.680. The molecule has 1 aliphatic heterocycles. The van der Waals surface area contributed by atoms with Crippen molar-refractivity contribution in [1.29, 1.82) is 0 Å². The summed E-state index contributed by atoms with van der Waals surface area (Å²) in [6.45, 7) is 21.3. The maximum absolute atomic E-state index is 14.0. The largest absolute Gasteiger partial charge is 0.478 e. The van der Waals surface area contributed by atoms with E-state index < -0.39 is 5.97 Å². The molecule has 10 atom stereocenters. The molecule has 2 aromatic carbocycles. The van der Waals surface area contributed by atoms with E-state index in [1.807, 2.05) is 12.1 Å². The van der Waals surface area contributed by atoms with Crippen LogP contribution in [0.5, 0.6) is 0 Å². The van der Waals surface area contributed by atoms with Crippen LogP contribution in [0.4, 0.5) is 0 Å². The Bertz CT molecular complexity index is 1800. The molecule has 5 aliphatic carbocycles. The molecule has 0 bridgehead atoms. The van der Waals surface area contributed by atoms with Crippen molar-refractivity contribution < 1.29 is 14.7 Å². The molecule has 6 heteroatoms. The van der Waals surface area contributed by atoms with Gasteiger partial charge in [0.1, 0.15) is 0 Å². The lowest BCUT2D eigenvalue weighted by atomic mass is 9.33. The first-order valence-corrected chi connectivity index (χ1v) is 22.5. The smallest absolute Gasteiger partial charge is 0.335 e. The Morgan fingerprint density at radius 3 is 2.30 bits per heavy atom. The van der Waals surface area contributed by atoms with Gasteiger partial charge in [0, 0.05) is 24.7 Å². The number of fused-ring (bicyclic) bond motifs is 7. The fourth-order valence-electron chi connectivity index (χ4n) is 15.3. The van der Waals surface area contributed by atoms with E-state index in [2.05, 4.69) is 100 Å². The minimum Gasteiger partial charge on any atom is -0.478 e. The third-order valence-electron chi connectivity index (χ3n) is 18.1. The number of benzene rings is 2. The summed E-state index contributed by atoms with van der Waals surface area (Å²) in [4.78, 5) is 28.2. The van der Waals surface area contributed by atoms with Gasteiger partial charge in [0.15, 0.2) is 0 Å². The molecule has 3 N–H and O–H groups in total. The summed E-state index contributed by atoms with van der Waals surface area (Å²) in [5.74, 6) is 2.99. The Labute approximate surface area is 338 Å². The summed E-state index contributed by atoms with van der Waals surface area (Å²) in [7, 11) is 0. The Hall–Kier alpha value is -2.96. The van der Waals surface area contributed by atoms with Crippen LogP contribution in [0.3, 0.4) is 0 Å². The number of nitrogens with zero attached hydrogens (tertiary/aromatic N) is 1. The van der Waals surface area contributed by atoms with Gasteiger partial charge in [-0.25, -0.2) is 4.79 Å². The second kappa shape index (κ2) is 14.7. The van der Waals surface area contributed by atoms with Gasteiger partial charge < -0.3 is 15.7 Å². The molecule has 5 fully saturated rings. The first kappa shape index (κ1) is 39.8. The first-order chi connectivity index (χ1) is 26.6. The number of amides is 1. The lowest BCUT2D eigenvalue weighted by Gasteiger charge is -2.72. The molecular weight excluding hydrogens is 691 g/mol. The zero-order chi connectivity index (χ0) is 39.7. The number of allylic oxidation sites excluding steroid dienone is 2. The van der Waals surface area contributed by atoms with Crippen molar-refractivity contribution >= 4 is 17.4 Å². The molecule has 1 unspecified atom stereocenters. The monoisotopic (exact) mass is 762 g/mol. The zero-order valence-corrected chi connectivity index (χ0v) is 35.6. The molecule has 4 saturated carbocycles. The molecule has 2 aromatic rings. The van der Waals surface area contributed by atoms with Crippen LogP contribution in [0, 0.1) is 57.2 Å². The molecule has 0 radical (unpaired) electrons. The van der Waals surface area contributed by atoms with E-state index >= 15 is 0 Å². The maximum atomic E-state index is 14.0. The SMILES string of the molecule is CC(C)[C@@H]1CC[C@]2(NC(=O)CNCC3CCCN3Cc3ccccc3)CC[C@]3(C)[C@H](CC[C@@H]4[C@@]5(C)CC=C(c6ccc(C(=O)O)cc6)C(C)(C)[C@@H]5CC[C@]43C)[C@@H]12. The molecule has 8 rings (SSSR count). The molecular formula is C50H71N3O3. The molecule has 1 saturated heterocycles. The normalized spacial score (nSPS) is 38.9. The van der Waals surface area contributed by atoms with Crippen molar-refractivity contribution in [1.82, 2.24) is 15.5 Å². The highest BCUT2D eigenvalue weighted by molar-refractivity contribution is 5.88. The van der Waals surface area contributed by atoms with Gasteiger partial charge in [-0.2, -0.15) is 0 Å². The van der Waals surface area contributed by atoms with Crippen LogP contribution in [0.1, 0.15) is 141 Å². The summed E-state index contributed by atoms with van der Waals surface area (Å²) in [6, 6.07) is 18.9. The van der Waals surface area contributed by atoms with E-state index in [0.717, 1.165) is 38.9 Å². The van der Waals surface area contributed by atoms with E-state index in [0.29, 0.717) is 53.7 Å². The summed E-state index contributed by atoms with van der Waals surface area (Å²) >= 11 is 0. The molecule has 6 nitrogen and oxygen atoms in total. The van der Waals surface area contributed by atoms with Crippen molar-refractivity contribution in [2.45, 2.75) is 137 Å². The van der Waals surface area contributed by atoms with Gasteiger partial charge in [-0.15, -0.1) is 0 Å². The Morgan fingerprint density at radius 1 is 0.839 bits per heavy atom. The Balaban J connectivity index is 0.987. The van der Waals surface area contributed by atoms with Crippen molar-refractivity contribution in [3.63, 3.8) is 0 Å². The van der Waals surface area contributed by atoms with Crippen LogP contribution in [0.2, 0.25) is 0 Å². The fourth-order valence-corrected chi connectivity index (χ4v) is 15.3. The molecule has 0 spiro atoms. The number of carbonyl (C=O) groups excluding carboxylic acids is 1. The second-order valence-electron chi connectivity index (χ2n) is 21.2. The Kier molecular flexibility index (Phi) is 10.5. The average Bonchev–Trinajstić information content (AvgIpc) is 3.76. The topological polar surface area (TPSA) is 81.7 Å². The van der Waals surface area contributed by atoms with Gasteiger partial charge in [-0.3, -0.25) is 9.69 Å². The molecule has 56 heavy (non-hydrogen) atoms. The number of hydrogen-bond acceptors (Lipinski definition) is 4. The summed E-state index contributed by atoms with van der Waals surface area (Å²) in [5.41, 5.74) is 4.91. The lowest BCUT2D eigenvalue weighted by Crippen LogP contribution is -2.68. The number of carboxylic acid groups (broad SMARTS) is 1. The predicted molar refractivity (Wildman–Crippen MR) is 227 cm³/mol. The highest BCUT2D eigenvalue weighted by Gasteiger charge is 2.70. The summed E-state index contributed by atoms with van der Waals surface area (Å²) < 4.78 is 0. The van der Waals surface area contributed by atoms with Gasteiger partial charge >= 0.3 is 5.97 Å². The van der Waals surface area contributed by atoms with Crippen LogP contribution in [0.15, 0.2) is 60.7 Å². The van der Waals surface area contributed by atoms with Gasteiger partial charge in [-0.05, 0) is 163 Å². The number of carboxylic acids is 1. The number of likely N-dealkylation sites (tertiary alicyclic amines) is 1. The number of rotatable bonds is 10. The zero-order valence-electron chi connectivity index (χ0n) is 35.6. The molecule has 6 aliphatic rings.